The predicted octanol–water partition coefficient (Wildman–Crippen LogP) is 3.00. The van der Waals surface area contributed by atoms with Gasteiger partial charge in [-0.05, 0) is 30.2 Å². The summed E-state index contributed by atoms with van der Waals surface area (Å²) in [6.07, 6.45) is 5.13. The monoisotopic (exact) mass is 235 g/mol. The second-order valence-corrected chi connectivity index (χ2v) is 3.87. The molecule has 1 aromatic carbocycles. The first-order valence-corrected chi connectivity index (χ1v) is 5.19. The van der Waals surface area contributed by atoms with E-state index in [4.69, 9.17) is 16.7 Å². The first-order chi connectivity index (χ1) is 7.66. The minimum absolute atomic E-state index is 0.563. The largest absolute Gasteiger partial charge is 0.478 e. The lowest BCUT2D eigenvalue weighted by Gasteiger charge is -2.00. The molecule has 0 aliphatic rings. The van der Waals surface area contributed by atoms with E-state index < -0.39 is 5.97 Å². The van der Waals surface area contributed by atoms with Gasteiger partial charge in [-0.25, -0.2) is 4.79 Å². The SMILES string of the molecule is O=C(O)C=CCc1cc(Cl)c2[nH]ccc2c1. The van der Waals surface area contributed by atoms with Gasteiger partial charge in [-0.2, -0.15) is 0 Å². The molecular weight excluding hydrogens is 226 g/mol. The zero-order valence-electron chi connectivity index (χ0n) is 8.40. The molecule has 0 saturated heterocycles. The van der Waals surface area contributed by atoms with Gasteiger partial charge in [-0.3, -0.25) is 0 Å². The van der Waals surface area contributed by atoms with Crippen molar-refractivity contribution < 1.29 is 9.90 Å². The van der Waals surface area contributed by atoms with E-state index in [1.807, 2.05) is 24.4 Å². The minimum atomic E-state index is -0.936. The molecule has 0 aliphatic carbocycles. The Labute approximate surface area is 97.4 Å². The highest BCUT2D eigenvalue weighted by atomic mass is 35.5. The summed E-state index contributed by atoms with van der Waals surface area (Å²) in [6, 6.07) is 5.77. The van der Waals surface area contributed by atoms with Gasteiger partial charge in [0.1, 0.15) is 0 Å². The summed E-state index contributed by atoms with van der Waals surface area (Å²) < 4.78 is 0. The normalized spacial score (nSPS) is 11.3. The van der Waals surface area contributed by atoms with Gasteiger partial charge >= 0.3 is 5.97 Å². The van der Waals surface area contributed by atoms with Crippen molar-refractivity contribution >= 4 is 28.5 Å². The number of aromatic nitrogens is 1. The van der Waals surface area contributed by atoms with Crippen LogP contribution in [0.5, 0.6) is 0 Å². The van der Waals surface area contributed by atoms with Crippen molar-refractivity contribution in [1.82, 2.24) is 4.98 Å². The predicted molar refractivity (Wildman–Crippen MR) is 63.8 cm³/mol. The number of rotatable bonds is 3. The maximum absolute atomic E-state index is 10.3. The van der Waals surface area contributed by atoms with Gasteiger partial charge < -0.3 is 10.1 Å². The van der Waals surface area contributed by atoms with E-state index in [9.17, 15) is 4.79 Å². The minimum Gasteiger partial charge on any atom is -0.478 e. The summed E-state index contributed by atoms with van der Waals surface area (Å²) >= 11 is 6.07. The number of fused-ring (bicyclic) bond motifs is 1. The van der Waals surface area contributed by atoms with Gasteiger partial charge in [0.15, 0.2) is 0 Å². The van der Waals surface area contributed by atoms with E-state index in [1.54, 1.807) is 6.08 Å². The maximum Gasteiger partial charge on any atom is 0.327 e. The molecule has 3 nitrogen and oxygen atoms in total. The molecule has 1 aromatic heterocycles. The molecular formula is C12H10ClNO2. The van der Waals surface area contributed by atoms with Crippen molar-refractivity contribution in [3.05, 3.63) is 47.1 Å². The molecule has 0 unspecified atom stereocenters. The Balaban J connectivity index is 2.28. The number of nitrogens with one attached hydrogen (secondary N) is 1. The first-order valence-electron chi connectivity index (χ1n) is 4.82. The van der Waals surface area contributed by atoms with E-state index >= 15 is 0 Å². The van der Waals surface area contributed by atoms with Crippen molar-refractivity contribution in [2.24, 2.45) is 0 Å². The van der Waals surface area contributed by atoms with E-state index in [-0.39, 0.29) is 0 Å². The molecule has 0 aliphatic heterocycles. The molecule has 0 atom stereocenters. The number of allylic oxidation sites excluding steroid dienone is 1. The number of carbonyl (C=O) groups is 1. The van der Waals surface area contributed by atoms with Crippen molar-refractivity contribution in [1.29, 1.82) is 0 Å². The molecule has 0 bridgehead atoms. The fourth-order valence-electron chi connectivity index (χ4n) is 1.60. The molecule has 0 amide bonds. The highest BCUT2D eigenvalue weighted by molar-refractivity contribution is 6.35. The fraction of sp³-hybridized carbons (Fsp3) is 0.0833. The number of aliphatic carboxylic acids is 1. The quantitative estimate of drug-likeness (QED) is 0.804. The Kier molecular flexibility index (Phi) is 2.97. The highest BCUT2D eigenvalue weighted by Gasteiger charge is 2.02. The molecule has 2 rings (SSSR count). The number of hydrogen-bond acceptors (Lipinski definition) is 1. The fourth-order valence-corrected chi connectivity index (χ4v) is 1.90. The molecule has 1 heterocycles. The standard InChI is InChI=1S/C12H10ClNO2/c13-10-7-8(2-1-3-11(15)16)6-9-4-5-14-12(9)10/h1,3-7,14H,2H2,(H,15,16). The summed E-state index contributed by atoms with van der Waals surface area (Å²) in [5.41, 5.74) is 1.90. The van der Waals surface area contributed by atoms with Crippen LogP contribution in [0, 0.1) is 0 Å². The molecule has 16 heavy (non-hydrogen) atoms. The van der Waals surface area contributed by atoms with Gasteiger partial charge in [-0.1, -0.05) is 17.7 Å². The van der Waals surface area contributed by atoms with Gasteiger partial charge in [0.25, 0.3) is 0 Å². The smallest absolute Gasteiger partial charge is 0.327 e. The Bertz CT molecular complexity index is 557. The van der Waals surface area contributed by atoms with Crippen molar-refractivity contribution in [2.75, 3.05) is 0 Å². The summed E-state index contributed by atoms with van der Waals surface area (Å²) in [6.45, 7) is 0. The average molecular weight is 236 g/mol. The number of H-pyrrole nitrogens is 1. The molecule has 0 fully saturated rings. The zero-order valence-corrected chi connectivity index (χ0v) is 9.16. The summed E-state index contributed by atoms with van der Waals surface area (Å²) in [4.78, 5) is 13.4. The van der Waals surface area contributed by atoms with Crippen LogP contribution in [0.2, 0.25) is 5.02 Å². The van der Waals surface area contributed by atoms with E-state index in [2.05, 4.69) is 4.98 Å². The number of benzene rings is 1. The molecule has 2 aromatic rings. The maximum atomic E-state index is 10.3. The second kappa shape index (κ2) is 4.41. The van der Waals surface area contributed by atoms with Crippen LogP contribution < -0.4 is 0 Å². The molecule has 0 radical (unpaired) electrons. The lowest BCUT2D eigenvalue weighted by atomic mass is 10.1. The van der Waals surface area contributed by atoms with Crippen molar-refractivity contribution in [2.45, 2.75) is 6.42 Å². The van der Waals surface area contributed by atoms with Crippen LogP contribution in [0.25, 0.3) is 10.9 Å². The molecule has 2 N–H and O–H groups in total. The van der Waals surface area contributed by atoms with Crippen LogP contribution in [0.15, 0.2) is 36.5 Å². The van der Waals surface area contributed by atoms with Crippen LogP contribution in [0.3, 0.4) is 0 Å². The zero-order chi connectivity index (χ0) is 11.5. The molecule has 4 heteroatoms. The van der Waals surface area contributed by atoms with Crippen LogP contribution in [0.1, 0.15) is 5.56 Å². The Morgan fingerprint density at radius 3 is 3.06 bits per heavy atom. The number of halogens is 1. The highest BCUT2D eigenvalue weighted by Crippen LogP contribution is 2.24. The Morgan fingerprint density at radius 1 is 1.50 bits per heavy atom. The third kappa shape index (κ3) is 2.25. The van der Waals surface area contributed by atoms with E-state index in [0.29, 0.717) is 11.4 Å². The topological polar surface area (TPSA) is 53.1 Å². The summed E-state index contributed by atoms with van der Waals surface area (Å²) in [7, 11) is 0. The first kappa shape index (κ1) is 10.8. The van der Waals surface area contributed by atoms with Crippen molar-refractivity contribution in [3.8, 4) is 0 Å². The van der Waals surface area contributed by atoms with Gasteiger partial charge in [0.05, 0.1) is 10.5 Å². The summed E-state index contributed by atoms with van der Waals surface area (Å²) in [5.74, 6) is -0.936. The third-order valence-corrected chi connectivity index (χ3v) is 2.58. The van der Waals surface area contributed by atoms with E-state index in [0.717, 1.165) is 22.5 Å². The number of hydrogen-bond donors (Lipinski definition) is 2. The van der Waals surface area contributed by atoms with Gasteiger partial charge in [0.2, 0.25) is 0 Å². The molecule has 0 spiro atoms. The van der Waals surface area contributed by atoms with E-state index in [1.165, 1.54) is 0 Å². The van der Waals surface area contributed by atoms with Gasteiger partial charge in [-0.15, -0.1) is 0 Å². The van der Waals surface area contributed by atoms with Crippen LogP contribution >= 0.6 is 11.6 Å². The number of carboxylic acids is 1. The molecule has 82 valence electrons. The molecule has 0 saturated carbocycles. The van der Waals surface area contributed by atoms with Crippen LogP contribution in [-0.2, 0) is 11.2 Å². The lowest BCUT2D eigenvalue weighted by molar-refractivity contribution is -0.131. The second-order valence-electron chi connectivity index (χ2n) is 3.46. The number of carboxylic acid groups (broad SMARTS) is 1. The Hall–Kier alpha value is -1.74. The van der Waals surface area contributed by atoms with Crippen LogP contribution in [0.4, 0.5) is 0 Å². The Morgan fingerprint density at radius 2 is 2.31 bits per heavy atom. The average Bonchev–Trinajstić information content (AvgIpc) is 2.65. The van der Waals surface area contributed by atoms with Crippen LogP contribution in [-0.4, -0.2) is 16.1 Å². The van der Waals surface area contributed by atoms with Gasteiger partial charge in [0, 0.05) is 17.7 Å². The lowest BCUT2D eigenvalue weighted by Crippen LogP contribution is -1.88. The van der Waals surface area contributed by atoms with Crippen molar-refractivity contribution in [3.63, 3.8) is 0 Å². The third-order valence-electron chi connectivity index (χ3n) is 2.29. The summed E-state index contributed by atoms with van der Waals surface area (Å²) in [5, 5.41) is 10.2. The number of aromatic amines is 1.